The molecule has 0 atom stereocenters. The second-order valence-corrected chi connectivity index (χ2v) is 10.2. The van der Waals surface area contributed by atoms with Gasteiger partial charge in [0.1, 0.15) is 5.60 Å². The fraction of sp³-hybridized carbons (Fsp3) is 0.828. The number of Topliss-reactive ketones (excluding diaryl/α,β-unsaturated/α-hetero) is 1. The first kappa shape index (κ1) is 32.0. The lowest BCUT2D eigenvalue weighted by Gasteiger charge is -2.28. The van der Waals surface area contributed by atoms with Crippen LogP contribution < -0.4 is 0 Å². The van der Waals surface area contributed by atoms with Gasteiger partial charge in [-0.2, -0.15) is 0 Å². The van der Waals surface area contributed by atoms with Crippen molar-refractivity contribution in [3.05, 3.63) is 24.3 Å². The third kappa shape index (κ3) is 20.1. The Bertz CT molecular complexity index is 523. The molecule has 0 N–H and O–H groups in total. The zero-order chi connectivity index (χ0) is 24.8. The largest absolute Gasteiger partial charge is 0.379 e. The van der Waals surface area contributed by atoms with Crippen molar-refractivity contribution < 1.29 is 18.7 Å². The number of carbonyl (C=O) groups is 1. The molecule has 0 saturated carbocycles. The van der Waals surface area contributed by atoms with E-state index in [0.29, 0.717) is 19.4 Å². The number of ether oxygens (including phenoxy) is 2. The van der Waals surface area contributed by atoms with Gasteiger partial charge in [-0.3, -0.25) is 9.18 Å². The maximum atomic E-state index is 12.5. The van der Waals surface area contributed by atoms with Gasteiger partial charge >= 0.3 is 0 Å². The Morgan fingerprint density at radius 1 is 0.727 bits per heavy atom. The van der Waals surface area contributed by atoms with Crippen molar-refractivity contribution >= 4 is 5.78 Å². The first-order valence-electron chi connectivity index (χ1n) is 13.3. The number of hydrogen-bond donors (Lipinski definition) is 0. The lowest BCUT2D eigenvalue weighted by atomic mass is 9.98. The highest BCUT2D eigenvalue weighted by Gasteiger charge is 2.28. The van der Waals surface area contributed by atoms with Crippen molar-refractivity contribution in [1.29, 1.82) is 0 Å². The summed E-state index contributed by atoms with van der Waals surface area (Å²) in [5.74, 6) is 0.178. The second-order valence-electron chi connectivity index (χ2n) is 10.2. The van der Waals surface area contributed by atoms with Crippen LogP contribution in [0, 0.1) is 0 Å². The highest BCUT2D eigenvalue weighted by Crippen LogP contribution is 2.19. The summed E-state index contributed by atoms with van der Waals surface area (Å²) in [6.07, 6.45) is 24.9. The quantitative estimate of drug-likeness (QED) is 0.111. The highest BCUT2D eigenvalue weighted by molar-refractivity contribution is 5.86. The Labute approximate surface area is 204 Å². The van der Waals surface area contributed by atoms with Crippen LogP contribution in [0.2, 0.25) is 0 Å². The van der Waals surface area contributed by atoms with Gasteiger partial charge in [-0.15, -0.1) is 0 Å². The van der Waals surface area contributed by atoms with Crippen LogP contribution >= 0.6 is 0 Å². The third-order valence-electron chi connectivity index (χ3n) is 6.25. The summed E-state index contributed by atoms with van der Waals surface area (Å²) in [5.41, 5.74) is -0.945. The van der Waals surface area contributed by atoms with Gasteiger partial charge in [-0.25, -0.2) is 0 Å². The summed E-state index contributed by atoms with van der Waals surface area (Å²) < 4.78 is 23.2. The predicted octanol–water partition coefficient (Wildman–Crippen LogP) is 8.71. The summed E-state index contributed by atoms with van der Waals surface area (Å²) >= 11 is 0. The molecule has 0 bridgehead atoms. The van der Waals surface area contributed by atoms with Crippen molar-refractivity contribution in [2.45, 2.75) is 135 Å². The zero-order valence-electron chi connectivity index (χ0n) is 22.4. The first-order chi connectivity index (χ1) is 15.7. The smallest absolute Gasteiger partial charge is 0.164 e. The van der Waals surface area contributed by atoms with Gasteiger partial charge in [0, 0.05) is 13.5 Å². The topological polar surface area (TPSA) is 35.5 Å². The summed E-state index contributed by atoms with van der Waals surface area (Å²) in [7, 11) is 1.70. The maximum Gasteiger partial charge on any atom is 0.164 e. The molecule has 194 valence electrons. The van der Waals surface area contributed by atoms with Gasteiger partial charge in [0.25, 0.3) is 0 Å². The fourth-order valence-electron chi connectivity index (χ4n) is 3.48. The molecule has 33 heavy (non-hydrogen) atoms. The molecule has 0 aliphatic carbocycles. The van der Waals surface area contributed by atoms with E-state index < -0.39 is 5.60 Å². The fourth-order valence-corrected chi connectivity index (χ4v) is 3.48. The van der Waals surface area contributed by atoms with Gasteiger partial charge in [-0.05, 0) is 91.9 Å². The number of alkyl halides is 1. The maximum absolute atomic E-state index is 12.5. The lowest BCUT2D eigenvalue weighted by molar-refractivity contribution is -0.142. The molecule has 0 unspecified atom stereocenters. The average Bonchev–Trinajstić information content (AvgIpc) is 2.77. The molecule has 0 aliphatic rings. The van der Waals surface area contributed by atoms with Crippen LogP contribution in [0.25, 0.3) is 0 Å². The van der Waals surface area contributed by atoms with Gasteiger partial charge in [0.15, 0.2) is 5.78 Å². The molecule has 0 radical (unpaired) electrons. The summed E-state index contributed by atoms with van der Waals surface area (Å²) in [6.45, 7) is 8.15. The van der Waals surface area contributed by atoms with Crippen LogP contribution in [-0.2, 0) is 14.3 Å². The molecule has 0 aromatic carbocycles. The zero-order valence-corrected chi connectivity index (χ0v) is 22.4. The predicted molar refractivity (Wildman–Crippen MR) is 140 cm³/mol. The van der Waals surface area contributed by atoms with Gasteiger partial charge in [0.2, 0.25) is 0 Å². The number of ketones is 1. The van der Waals surface area contributed by atoms with Crippen molar-refractivity contribution in [3.63, 3.8) is 0 Å². The Kier molecular flexibility index (Phi) is 19.8. The van der Waals surface area contributed by atoms with Crippen LogP contribution in [0.5, 0.6) is 0 Å². The molecule has 0 spiro atoms. The molecule has 0 fully saturated rings. The number of halogens is 1. The Hall–Kier alpha value is -1.00. The molecular formula is C29H53FO3. The number of methoxy groups -OCH3 is 1. The van der Waals surface area contributed by atoms with E-state index in [1.807, 2.05) is 27.7 Å². The average molecular weight is 469 g/mol. The summed E-state index contributed by atoms with van der Waals surface area (Å²) in [5, 5.41) is 0. The van der Waals surface area contributed by atoms with E-state index in [4.69, 9.17) is 9.47 Å². The van der Waals surface area contributed by atoms with Crippen LogP contribution in [0.15, 0.2) is 24.3 Å². The van der Waals surface area contributed by atoms with Crippen LogP contribution in [-0.4, -0.2) is 37.4 Å². The van der Waals surface area contributed by atoms with Gasteiger partial charge in [-0.1, -0.05) is 50.0 Å². The van der Waals surface area contributed by atoms with Crippen LogP contribution in [0.1, 0.15) is 124 Å². The summed E-state index contributed by atoms with van der Waals surface area (Å²) in [6, 6.07) is 0. The standard InChI is InChI=1S/C29H53FO3/c1-28(2,32-5)24-26-33-29(3,4)27(31)23-21-19-17-15-13-11-9-7-6-8-10-12-14-16-18-20-22-25-30/h12,14-15,17H,6-11,13,16,18-26H2,1-5H3/b14-12-,17-15-. The molecule has 0 amide bonds. The van der Waals surface area contributed by atoms with Crippen molar-refractivity contribution in [2.75, 3.05) is 20.4 Å². The summed E-state index contributed by atoms with van der Waals surface area (Å²) in [4.78, 5) is 12.5. The SMILES string of the molecule is COC(C)(C)CCOC(C)(C)C(=O)CCC/C=C\CCCCCCC/C=C\CCCCCF. The van der Waals surface area contributed by atoms with E-state index in [9.17, 15) is 9.18 Å². The normalized spacial score (nSPS) is 12.9. The Balaban J connectivity index is 3.59. The van der Waals surface area contributed by atoms with E-state index in [-0.39, 0.29) is 18.1 Å². The Morgan fingerprint density at radius 2 is 1.18 bits per heavy atom. The van der Waals surface area contributed by atoms with Crippen molar-refractivity contribution in [1.82, 2.24) is 0 Å². The lowest BCUT2D eigenvalue weighted by Crippen LogP contribution is -2.37. The van der Waals surface area contributed by atoms with Gasteiger partial charge in [0.05, 0.1) is 18.9 Å². The number of hydrogen-bond acceptors (Lipinski definition) is 3. The third-order valence-corrected chi connectivity index (χ3v) is 6.25. The number of unbranched alkanes of at least 4 members (excludes halogenated alkanes) is 10. The minimum atomic E-state index is -0.723. The molecule has 0 aromatic heterocycles. The van der Waals surface area contributed by atoms with Crippen molar-refractivity contribution in [3.8, 4) is 0 Å². The van der Waals surface area contributed by atoms with Crippen molar-refractivity contribution in [2.24, 2.45) is 0 Å². The van der Waals surface area contributed by atoms with E-state index >= 15 is 0 Å². The Morgan fingerprint density at radius 3 is 1.67 bits per heavy atom. The molecular weight excluding hydrogens is 415 g/mol. The van der Waals surface area contributed by atoms with E-state index in [1.54, 1.807) is 7.11 Å². The number of allylic oxidation sites excluding steroid dienone is 4. The number of carbonyl (C=O) groups excluding carboxylic acids is 1. The molecule has 0 aromatic rings. The molecule has 3 nitrogen and oxygen atoms in total. The second kappa shape index (κ2) is 20.4. The van der Waals surface area contributed by atoms with Crippen LogP contribution in [0.4, 0.5) is 4.39 Å². The van der Waals surface area contributed by atoms with E-state index in [2.05, 4.69) is 24.3 Å². The highest BCUT2D eigenvalue weighted by atomic mass is 19.1. The molecule has 0 saturated heterocycles. The minimum Gasteiger partial charge on any atom is -0.379 e. The molecule has 0 aliphatic heterocycles. The molecule has 0 heterocycles. The molecule has 4 heteroatoms. The van der Waals surface area contributed by atoms with Crippen LogP contribution in [0.3, 0.4) is 0 Å². The molecule has 0 rings (SSSR count). The monoisotopic (exact) mass is 468 g/mol. The minimum absolute atomic E-state index is 0.177. The van der Waals surface area contributed by atoms with Gasteiger partial charge < -0.3 is 9.47 Å². The van der Waals surface area contributed by atoms with E-state index in [1.165, 1.54) is 38.5 Å². The number of rotatable bonds is 23. The first-order valence-corrected chi connectivity index (χ1v) is 13.3. The van der Waals surface area contributed by atoms with E-state index in [0.717, 1.165) is 44.9 Å².